The molecule has 1 aromatic carbocycles. The highest BCUT2D eigenvalue weighted by Gasteiger charge is 2.50. The molecule has 1 aromatic rings. The first kappa shape index (κ1) is 9.64. The maximum atomic E-state index is 11.9. The lowest BCUT2D eigenvalue weighted by atomic mass is 9.68. The van der Waals surface area contributed by atoms with Crippen molar-refractivity contribution in [2.45, 2.75) is 24.7 Å². The van der Waals surface area contributed by atoms with Crippen molar-refractivity contribution < 1.29 is 4.79 Å². The molecule has 0 saturated carbocycles. The summed E-state index contributed by atoms with van der Waals surface area (Å²) in [6, 6.07) is 8.24. The van der Waals surface area contributed by atoms with E-state index in [1.54, 1.807) is 0 Å². The third-order valence-corrected chi connectivity index (χ3v) is 4.13. The zero-order valence-electron chi connectivity index (χ0n) is 9.15. The first-order chi connectivity index (χ1) is 7.75. The van der Waals surface area contributed by atoms with Crippen LogP contribution < -0.4 is 5.73 Å². The molecular formula is C14H15NO. The Kier molecular flexibility index (Phi) is 1.93. The summed E-state index contributed by atoms with van der Waals surface area (Å²) in [4.78, 5) is 11.9. The molecule has 2 N–H and O–H groups in total. The van der Waals surface area contributed by atoms with E-state index in [0.29, 0.717) is 5.92 Å². The van der Waals surface area contributed by atoms with Gasteiger partial charge in [-0.1, -0.05) is 36.4 Å². The number of benzene rings is 1. The molecule has 82 valence electrons. The van der Waals surface area contributed by atoms with Crippen LogP contribution in [0.1, 0.15) is 24.0 Å². The van der Waals surface area contributed by atoms with Gasteiger partial charge in [-0.15, -0.1) is 0 Å². The van der Waals surface area contributed by atoms with Crippen LogP contribution >= 0.6 is 0 Å². The minimum absolute atomic E-state index is 0.160. The fourth-order valence-electron chi connectivity index (χ4n) is 3.32. The second-order valence-corrected chi connectivity index (χ2v) is 4.81. The van der Waals surface area contributed by atoms with Crippen molar-refractivity contribution in [3.8, 4) is 0 Å². The van der Waals surface area contributed by atoms with E-state index in [1.165, 1.54) is 5.56 Å². The Morgan fingerprint density at radius 3 is 2.94 bits per heavy atom. The molecular weight excluding hydrogens is 198 g/mol. The van der Waals surface area contributed by atoms with Gasteiger partial charge in [0.25, 0.3) is 0 Å². The summed E-state index contributed by atoms with van der Waals surface area (Å²) >= 11 is 0. The zero-order chi connectivity index (χ0) is 11.2. The summed E-state index contributed by atoms with van der Waals surface area (Å²) in [6.07, 6.45) is 7.01. The van der Waals surface area contributed by atoms with Gasteiger partial charge in [0.15, 0.2) is 0 Å². The maximum Gasteiger partial charge on any atom is 0.228 e. The van der Waals surface area contributed by atoms with Gasteiger partial charge in [0.1, 0.15) is 0 Å². The van der Waals surface area contributed by atoms with Crippen molar-refractivity contribution in [3.05, 3.63) is 47.5 Å². The van der Waals surface area contributed by atoms with Gasteiger partial charge >= 0.3 is 0 Å². The van der Waals surface area contributed by atoms with Crippen molar-refractivity contribution in [3.63, 3.8) is 0 Å². The number of rotatable bonds is 1. The monoisotopic (exact) mass is 213 g/mol. The predicted molar refractivity (Wildman–Crippen MR) is 62.9 cm³/mol. The van der Waals surface area contributed by atoms with E-state index in [2.05, 4.69) is 24.3 Å². The van der Waals surface area contributed by atoms with Crippen LogP contribution in [-0.2, 0) is 16.6 Å². The van der Waals surface area contributed by atoms with E-state index in [4.69, 9.17) is 5.73 Å². The fraction of sp³-hybridized carbons (Fsp3) is 0.357. The Labute approximate surface area is 95.2 Å². The third-order valence-electron chi connectivity index (χ3n) is 4.13. The van der Waals surface area contributed by atoms with Crippen LogP contribution in [0.25, 0.3) is 0 Å². The van der Waals surface area contributed by atoms with Crippen molar-refractivity contribution >= 4 is 5.91 Å². The highest BCUT2D eigenvalue weighted by Crippen LogP contribution is 2.49. The summed E-state index contributed by atoms with van der Waals surface area (Å²) in [6.45, 7) is 0. The number of carbonyl (C=O) groups is 1. The molecule has 0 saturated heterocycles. The van der Waals surface area contributed by atoms with Gasteiger partial charge < -0.3 is 5.73 Å². The van der Waals surface area contributed by atoms with Crippen LogP contribution in [0.3, 0.4) is 0 Å². The second-order valence-electron chi connectivity index (χ2n) is 4.81. The highest BCUT2D eigenvalue weighted by molar-refractivity contribution is 5.89. The van der Waals surface area contributed by atoms with Crippen LogP contribution in [0.5, 0.6) is 0 Å². The summed E-state index contributed by atoms with van der Waals surface area (Å²) < 4.78 is 0. The molecule has 0 bridgehead atoms. The van der Waals surface area contributed by atoms with Gasteiger partial charge in [0.2, 0.25) is 5.91 Å². The number of amides is 1. The second kappa shape index (κ2) is 3.21. The first-order valence-corrected chi connectivity index (χ1v) is 5.78. The molecule has 0 fully saturated rings. The molecule has 1 amide bonds. The lowest BCUT2D eigenvalue weighted by Gasteiger charge is -2.34. The number of fused-ring (bicyclic) bond motifs is 3. The van der Waals surface area contributed by atoms with E-state index in [0.717, 1.165) is 24.8 Å². The van der Waals surface area contributed by atoms with Gasteiger partial charge in [-0.05, 0) is 36.3 Å². The lowest BCUT2D eigenvalue weighted by molar-refractivity contribution is -0.125. The maximum absolute atomic E-state index is 11.9. The van der Waals surface area contributed by atoms with Crippen molar-refractivity contribution in [1.82, 2.24) is 0 Å². The topological polar surface area (TPSA) is 43.1 Å². The van der Waals surface area contributed by atoms with Crippen LogP contribution in [-0.4, -0.2) is 5.91 Å². The minimum Gasteiger partial charge on any atom is -0.369 e. The number of primary amides is 1. The molecule has 2 nitrogen and oxygen atoms in total. The van der Waals surface area contributed by atoms with E-state index < -0.39 is 5.41 Å². The fourth-order valence-corrected chi connectivity index (χ4v) is 3.32. The van der Waals surface area contributed by atoms with Gasteiger partial charge in [-0.25, -0.2) is 0 Å². The van der Waals surface area contributed by atoms with Crippen LogP contribution in [0.15, 0.2) is 36.4 Å². The average molecular weight is 213 g/mol. The highest BCUT2D eigenvalue weighted by atomic mass is 16.1. The Hall–Kier alpha value is -1.57. The quantitative estimate of drug-likeness (QED) is 0.712. The Morgan fingerprint density at radius 2 is 2.12 bits per heavy atom. The molecule has 0 aromatic heterocycles. The van der Waals surface area contributed by atoms with E-state index in [1.807, 2.05) is 12.1 Å². The molecule has 2 aliphatic rings. The van der Waals surface area contributed by atoms with Crippen molar-refractivity contribution in [1.29, 1.82) is 0 Å². The van der Waals surface area contributed by atoms with Crippen molar-refractivity contribution in [2.24, 2.45) is 11.7 Å². The minimum atomic E-state index is -0.425. The Balaban J connectivity index is 2.21. The van der Waals surface area contributed by atoms with Gasteiger partial charge in [0, 0.05) is 0 Å². The summed E-state index contributed by atoms with van der Waals surface area (Å²) in [5.41, 5.74) is 7.72. The lowest BCUT2D eigenvalue weighted by Crippen LogP contribution is -2.45. The molecule has 2 atom stereocenters. The average Bonchev–Trinajstić information content (AvgIpc) is 2.64. The molecule has 2 aliphatic carbocycles. The number of hydrogen-bond donors (Lipinski definition) is 1. The summed E-state index contributed by atoms with van der Waals surface area (Å²) in [5.74, 6) is 0.208. The number of carbonyl (C=O) groups excluding carboxylic acids is 1. The van der Waals surface area contributed by atoms with E-state index in [9.17, 15) is 4.79 Å². The molecule has 0 heterocycles. The molecule has 0 spiro atoms. The largest absolute Gasteiger partial charge is 0.369 e. The third kappa shape index (κ3) is 1.04. The van der Waals surface area contributed by atoms with Crippen LogP contribution in [0, 0.1) is 5.92 Å². The van der Waals surface area contributed by atoms with E-state index in [-0.39, 0.29) is 5.91 Å². The van der Waals surface area contributed by atoms with Crippen LogP contribution in [0.2, 0.25) is 0 Å². The summed E-state index contributed by atoms with van der Waals surface area (Å²) in [5, 5.41) is 0. The number of hydrogen-bond acceptors (Lipinski definition) is 1. The molecule has 3 rings (SSSR count). The van der Waals surface area contributed by atoms with Crippen LogP contribution in [0.4, 0.5) is 0 Å². The van der Waals surface area contributed by atoms with Crippen molar-refractivity contribution in [2.75, 3.05) is 0 Å². The normalized spacial score (nSPS) is 30.9. The van der Waals surface area contributed by atoms with Gasteiger partial charge in [0.05, 0.1) is 5.41 Å². The number of allylic oxidation sites excluding steroid dienone is 2. The molecule has 0 aliphatic heterocycles. The molecule has 2 unspecified atom stereocenters. The predicted octanol–water partition coefficient (Wildman–Crippen LogP) is 1.93. The molecule has 0 radical (unpaired) electrons. The van der Waals surface area contributed by atoms with Gasteiger partial charge in [-0.3, -0.25) is 4.79 Å². The molecule has 16 heavy (non-hydrogen) atoms. The first-order valence-electron chi connectivity index (χ1n) is 5.78. The standard InChI is InChI=1S/C14H15NO/c15-13(16)14-8-4-3-6-11(14)9-10-5-1-2-7-12(10)14/h1-5,7,11H,6,8-9H2,(H2,15,16). The Morgan fingerprint density at radius 1 is 1.31 bits per heavy atom. The molecule has 2 heteroatoms. The smallest absolute Gasteiger partial charge is 0.228 e. The van der Waals surface area contributed by atoms with E-state index >= 15 is 0 Å². The Bertz CT molecular complexity index is 477. The number of nitrogens with two attached hydrogens (primary N) is 1. The van der Waals surface area contributed by atoms with Gasteiger partial charge in [-0.2, -0.15) is 0 Å². The summed E-state index contributed by atoms with van der Waals surface area (Å²) in [7, 11) is 0. The zero-order valence-corrected chi connectivity index (χ0v) is 9.15. The SMILES string of the molecule is NC(=O)C12CC=CCC1Cc1ccccc12.